The molecule has 1 aliphatic heterocycles. The fraction of sp³-hybridized carbons (Fsp3) is 0.733. The number of aliphatic hydroxyl groups excluding tert-OH is 1. The first-order chi connectivity index (χ1) is 10.2. The maximum atomic E-state index is 12.2. The molecular weight excluding hydrogens is 268 g/mol. The van der Waals surface area contributed by atoms with Gasteiger partial charge in [-0.05, 0) is 44.6 Å². The lowest BCUT2D eigenvalue weighted by atomic mass is 10.1. The lowest BCUT2D eigenvalue weighted by Gasteiger charge is -2.18. The Balaban J connectivity index is 1.54. The Labute approximate surface area is 125 Å². The number of anilines is 1. The van der Waals surface area contributed by atoms with Gasteiger partial charge in [-0.25, -0.2) is 4.68 Å². The number of hydrogen-bond donors (Lipinski definition) is 2. The van der Waals surface area contributed by atoms with Gasteiger partial charge in [0.2, 0.25) is 5.91 Å². The Morgan fingerprint density at radius 3 is 3.00 bits per heavy atom. The van der Waals surface area contributed by atoms with Crippen molar-refractivity contribution in [2.75, 3.05) is 31.6 Å². The lowest BCUT2D eigenvalue weighted by Crippen LogP contribution is -2.32. The van der Waals surface area contributed by atoms with Crippen molar-refractivity contribution in [3.8, 4) is 0 Å². The average Bonchev–Trinajstić information content (AvgIpc) is 3.06. The second-order valence-electron chi connectivity index (χ2n) is 6.36. The summed E-state index contributed by atoms with van der Waals surface area (Å²) in [4.78, 5) is 14.3. The van der Waals surface area contributed by atoms with Crippen LogP contribution in [0.25, 0.3) is 0 Å². The highest BCUT2D eigenvalue weighted by molar-refractivity contribution is 5.91. The van der Waals surface area contributed by atoms with Crippen molar-refractivity contribution in [1.82, 2.24) is 14.7 Å². The summed E-state index contributed by atoms with van der Waals surface area (Å²) in [5, 5.41) is 16.5. The monoisotopic (exact) mass is 292 g/mol. The van der Waals surface area contributed by atoms with E-state index in [1.807, 2.05) is 10.7 Å². The number of carbonyl (C=O) groups excluding carboxylic acids is 1. The largest absolute Gasteiger partial charge is 0.396 e. The van der Waals surface area contributed by atoms with Gasteiger partial charge < -0.3 is 10.4 Å². The number of aromatic nitrogens is 2. The summed E-state index contributed by atoms with van der Waals surface area (Å²) in [6, 6.07) is 2.21. The minimum Gasteiger partial charge on any atom is -0.396 e. The number of aliphatic hydroxyl groups is 1. The summed E-state index contributed by atoms with van der Waals surface area (Å²) >= 11 is 0. The predicted octanol–water partition coefficient (Wildman–Crippen LogP) is 1.11. The molecule has 2 aliphatic rings. The molecule has 0 bridgehead atoms. The van der Waals surface area contributed by atoms with Gasteiger partial charge in [-0.2, -0.15) is 5.10 Å². The molecule has 21 heavy (non-hydrogen) atoms. The SMILES string of the molecule is CC(C1CC1)n1nccc1NC(=O)CN1CCC(CO)C1. The topological polar surface area (TPSA) is 70.4 Å². The van der Waals surface area contributed by atoms with Gasteiger partial charge in [0.05, 0.1) is 18.8 Å². The van der Waals surface area contributed by atoms with Crippen LogP contribution in [0.15, 0.2) is 12.3 Å². The van der Waals surface area contributed by atoms with Gasteiger partial charge in [-0.3, -0.25) is 9.69 Å². The Morgan fingerprint density at radius 1 is 1.52 bits per heavy atom. The molecule has 3 rings (SSSR count). The maximum Gasteiger partial charge on any atom is 0.239 e. The molecule has 0 aromatic carbocycles. The third-order valence-electron chi connectivity index (χ3n) is 4.62. The van der Waals surface area contributed by atoms with Crippen molar-refractivity contribution < 1.29 is 9.90 Å². The van der Waals surface area contributed by atoms with E-state index < -0.39 is 0 Å². The minimum absolute atomic E-state index is 0.00154. The first kappa shape index (κ1) is 14.5. The zero-order chi connectivity index (χ0) is 14.8. The molecule has 2 unspecified atom stereocenters. The second kappa shape index (κ2) is 6.15. The highest BCUT2D eigenvalue weighted by Gasteiger charge is 2.31. The quantitative estimate of drug-likeness (QED) is 0.824. The Hall–Kier alpha value is -1.40. The van der Waals surface area contributed by atoms with E-state index >= 15 is 0 Å². The Kier molecular flexibility index (Phi) is 4.26. The van der Waals surface area contributed by atoms with Gasteiger partial charge in [0.15, 0.2) is 0 Å². The third-order valence-corrected chi connectivity index (χ3v) is 4.62. The minimum atomic E-state index is -0.00154. The highest BCUT2D eigenvalue weighted by atomic mass is 16.3. The predicted molar refractivity (Wildman–Crippen MR) is 79.9 cm³/mol. The number of amides is 1. The molecule has 1 saturated heterocycles. The van der Waals surface area contributed by atoms with E-state index in [1.54, 1.807) is 6.20 Å². The Morgan fingerprint density at radius 2 is 2.33 bits per heavy atom. The van der Waals surface area contributed by atoms with E-state index in [9.17, 15) is 4.79 Å². The standard InChI is InChI=1S/C15H24N4O2/c1-11(13-2-3-13)19-14(4-6-16-19)17-15(21)9-18-7-5-12(8-18)10-20/h4,6,11-13,20H,2-3,5,7-10H2,1H3,(H,17,21). The van der Waals surface area contributed by atoms with Gasteiger partial charge in [0.25, 0.3) is 0 Å². The summed E-state index contributed by atoms with van der Waals surface area (Å²) in [5.74, 6) is 1.80. The third kappa shape index (κ3) is 3.44. The summed E-state index contributed by atoms with van der Waals surface area (Å²) in [6.45, 7) is 4.45. The van der Waals surface area contributed by atoms with Crippen LogP contribution in [-0.4, -0.2) is 51.9 Å². The van der Waals surface area contributed by atoms with Crippen LogP contribution in [0.3, 0.4) is 0 Å². The van der Waals surface area contributed by atoms with E-state index in [4.69, 9.17) is 5.11 Å². The number of rotatable bonds is 6. The molecule has 2 atom stereocenters. The van der Waals surface area contributed by atoms with Crippen LogP contribution in [0.1, 0.15) is 32.2 Å². The molecule has 2 heterocycles. The van der Waals surface area contributed by atoms with Gasteiger partial charge in [-0.1, -0.05) is 0 Å². The fourth-order valence-corrected chi connectivity index (χ4v) is 3.11. The molecule has 6 nitrogen and oxygen atoms in total. The molecule has 1 amide bonds. The van der Waals surface area contributed by atoms with Crippen LogP contribution in [0.2, 0.25) is 0 Å². The van der Waals surface area contributed by atoms with Crippen LogP contribution >= 0.6 is 0 Å². The number of nitrogens with zero attached hydrogens (tertiary/aromatic N) is 3. The first-order valence-corrected chi connectivity index (χ1v) is 7.84. The van der Waals surface area contributed by atoms with Crippen LogP contribution in [0.4, 0.5) is 5.82 Å². The molecule has 116 valence electrons. The number of carbonyl (C=O) groups is 1. The van der Waals surface area contributed by atoms with E-state index in [0.29, 0.717) is 24.4 Å². The molecular formula is C15H24N4O2. The van der Waals surface area contributed by atoms with E-state index in [1.165, 1.54) is 12.8 Å². The van der Waals surface area contributed by atoms with Gasteiger partial charge >= 0.3 is 0 Å². The van der Waals surface area contributed by atoms with Crippen molar-refractivity contribution in [1.29, 1.82) is 0 Å². The van der Waals surface area contributed by atoms with Crippen molar-refractivity contribution in [2.24, 2.45) is 11.8 Å². The van der Waals surface area contributed by atoms with E-state index in [0.717, 1.165) is 25.3 Å². The van der Waals surface area contributed by atoms with Crippen LogP contribution in [0.5, 0.6) is 0 Å². The molecule has 1 aliphatic carbocycles. The highest BCUT2D eigenvalue weighted by Crippen LogP contribution is 2.40. The van der Waals surface area contributed by atoms with Crippen molar-refractivity contribution in [2.45, 2.75) is 32.2 Å². The summed E-state index contributed by atoms with van der Waals surface area (Å²) in [5.41, 5.74) is 0. The van der Waals surface area contributed by atoms with E-state index in [2.05, 4.69) is 22.2 Å². The van der Waals surface area contributed by atoms with Gasteiger partial charge in [0.1, 0.15) is 5.82 Å². The number of nitrogens with one attached hydrogen (secondary N) is 1. The van der Waals surface area contributed by atoms with Crippen molar-refractivity contribution in [3.05, 3.63) is 12.3 Å². The van der Waals surface area contributed by atoms with Crippen LogP contribution in [0, 0.1) is 11.8 Å². The zero-order valence-electron chi connectivity index (χ0n) is 12.5. The second-order valence-corrected chi connectivity index (χ2v) is 6.36. The number of hydrogen-bond acceptors (Lipinski definition) is 4. The van der Waals surface area contributed by atoms with E-state index in [-0.39, 0.29) is 12.5 Å². The fourth-order valence-electron chi connectivity index (χ4n) is 3.11. The molecule has 2 N–H and O–H groups in total. The van der Waals surface area contributed by atoms with Crippen molar-refractivity contribution >= 4 is 11.7 Å². The lowest BCUT2D eigenvalue weighted by molar-refractivity contribution is -0.117. The summed E-state index contributed by atoms with van der Waals surface area (Å²) < 4.78 is 1.93. The summed E-state index contributed by atoms with van der Waals surface area (Å²) in [6.07, 6.45) is 5.22. The molecule has 1 aromatic rings. The van der Waals surface area contributed by atoms with Crippen LogP contribution < -0.4 is 5.32 Å². The first-order valence-electron chi connectivity index (χ1n) is 7.84. The molecule has 1 saturated carbocycles. The van der Waals surface area contributed by atoms with Crippen molar-refractivity contribution in [3.63, 3.8) is 0 Å². The average molecular weight is 292 g/mol. The molecule has 0 spiro atoms. The van der Waals surface area contributed by atoms with Crippen LogP contribution in [-0.2, 0) is 4.79 Å². The van der Waals surface area contributed by atoms with Gasteiger partial charge in [0, 0.05) is 19.2 Å². The molecule has 6 heteroatoms. The maximum absolute atomic E-state index is 12.2. The number of likely N-dealkylation sites (tertiary alicyclic amines) is 1. The zero-order valence-corrected chi connectivity index (χ0v) is 12.5. The molecule has 0 radical (unpaired) electrons. The Bertz CT molecular complexity index is 498. The van der Waals surface area contributed by atoms with Gasteiger partial charge in [-0.15, -0.1) is 0 Å². The summed E-state index contributed by atoms with van der Waals surface area (Å²) in [7, 11) is 0. The normalized spacial score (nSPS) is 24.2. The molecule has 1 aromatic heterocycles. The smallest absolute Gasteiger partial charge is 0.239 e. The molecule has 2 fully saturated rings.